The van der Waals surface area contributed by atoms with Crippen LogP contribution in [-0.4, -0.2) is 18.5 Å². The van der Waals surface area contributed by atoms with Gasteiger partial charge in [0.2, 0.25) is 0 Å². The van der Waals surface area contributed by atoms with Gasteiger partial charge in [-0.2, -0.15) is 5.26 Å². The number of carbonyl (C=O) groups is 2. The van der Waals surface area contributed by atoms with Crippen LogP contribution in [0.2, 0.25) is 0 Å². The van der Waals surface area contributed by atoms with Gasteiger partial charge < -0.3 is 10.1 Å². The van der Waals surface area contributed by atoms with E-state index < -0.39 is 11.9 Å². The topological polar surface area (TPSA) is 79.2 Å². The fraction of sp³-hybridized carbons (Fsp3) is 0.450. The Balaban J connectivity index is 1.67. The number of thiophene rings is 2. The molecule has 2 heterocycles. The first kappa shape index (κ1) is 19.6. The first-order valence-electron chi connectivity index (χ1n) is 8.84. The van der Waals surface area contributed by atoms with Crippen molar-refractivity contribution in [2.75, 3.05) is 11.9 Å². The van der Waals surface area contributed by atoms with E-state index in [-0.39, 0.29) is 12.0 Å². The number of amides is 1. The van der Waals surface area contributed by atoms with Crippen molar-refractivity contribution in [2.24, 2.45) is 11.3 Å². The Morgan fingerprint density at radius 1 is 1.41 bits per heavy atom. The molecule has 7 heteroatoms. The van der Waals surface area contributed by atoms with Crippen molar-refractivity contribution in [2.45, 2.75) is 40.0 Å². The third-order valence-corrected chi connectivity index (χ3v) is 6.93. The lowest BCUT2D eigenvalue weighted by Gasteiger charge is -2.33. The Kier molecular flexibility index (Phi) is 5.68. The molecule has 1 aliphatic rings. The molecule has 0 saturated heterocycles. The summed E-state index contributed by atoms with van der Waals surface area (Å²) in [5, 5.41) is 14.7. The highest BCUT2D eigenvalue weighted by molar-refractivity contribution is 7.16. The number of anilines is 1. The summed E-state index contributed by atoms with van der Waals surface area (Å²) >= 11 is 2.74. The maximum absolute atomic E-state index is 12.2. The Morgan fingerprint density at radius 2 is 2.19 bits per heavy atom. The van der Waals surface area contributed by atoms with Crippen LogP contribution in [0, 0.1) is 22.7 Å². The number of esters is 1. The molecule has 1 atom stereocenters. The Bertz CT molecular complexity index is 886. The van der Waals surface area contributed by atoms with Crippen molar-refractivity contribution in [1.29, 1.82) is 5.26 Å². The van der Waals surface area contributed by atoms with E-state index in [1.54, 1.807) is 17.5 Å². The van der Waals surface area contributed by atoms with Gasteiger partial charge in [0.25, 0.3) is 5.91 Å². The largest absolute Gasteiger partial charge is 0.451 e. The van der Waals surface area contributed by atoms with Crippen LogP contribution in [0.1, 0.15) is 52.9 Å². The third-order valence-electron chi connectivity index (χ3n) is 4.91. The first-order chi connectivity index (χ1) is 12.8. The van der Waals surface area contributed by atoms with Crippen LogP contribution in [-0.2, 0) is 22.4 Å². The van der Waals surface area contributed by atoms with Crippen molar-refractivity contribution in [3.63, 3.8) is 0 Å². The van der Waals surface area contributed by atoms with E-state index in [9.17, 15) is 14.9 Å². The van der Waals surface area contributed by atoms with Crippen molar-refractivity contribution in [3.8, 4) is 6.07 Å². The molecule has 0 saturated carbocycles. The highest BCUT2D eigenvalue weighted by Gasteiger charge is 2.32. The van der Waals surface area contributed by atoms with E-state index in [1.165, 1.54) is 27.6 Å². The van der Waals surface area contributed by atoms with E-state index in [4.69, 9.17) is 4.74 Å². The minimum absolute atomic E-state index is 0.216. The number of nitrogens with one attached hydrogen (secondary N) is 1. The second-order valence-corrected chi connectivity index (χ2v) is 9.78. The molecular formula is C20H22N2O3S2. The summed E-state index contributed by atoms with van der Waals surface area (Å²) in [5.41, 5.74) is 1.84. The number of carbonyl (C=O) groups excluding carboxylic acids is 2. The molecule has 0 bridgehead atoms. The maximum Gasteiger partial charge on any atom is 0.348 e. The molecule has 0 unspecified atom stereocenters. The lowest BCUT2D eigenvalue weighted by Crippen LogP contribution is -2.26. The van der Waals surface area contributed by atoms with Crippen LogP contribution in [0.5, 0.6) is 0 Å². The fourth-order valence-electron chi connectivity index (χ4n) is 3.29. The summed E-state index contributed by atoms with van der Waals surface area (Å²) < 4.78 is 5.04. The van der Waals surface area contributed by atoms with Gasteiger partial charge in [-0.05, 0) is 47.6 Å². The predicted octanol–water partition coefficient (Wildman–Crippen LogP) is 4.63. The van der Waals surface area contributed by atoms with E-state index in [2.05, 4.69) is 32.2 Å². The summed E-state index contributed by atoms with van der Waals surface area (Å²) in [5.74, 6) is -0.382. The smallest absolute Gasteiger partial charge is 0.348 e. The SMILES string of the molecule is CC(C)(C)[C@@H]1CCc2c(sc(NC(=O)COC(=O)c3cccs3)c2C#N)C1. The molecule has 27 heavy (non-hydrogen) atoms. The van der Waals surface area contributed by atoms with E-state index in [0.717, 1.165) is 24.8 Å². The summed E-state index contributed by atoms with van der Waals surface area (Å²) in [6.07, 6.45) is 2.84. The molecule has 3 rings (SSSR count). The number of ether oxygens (including phenoxy) is 1. The monoisotopic (exact) mass is 402 g/mol. The van der Waals surface area contributed by atoms with Crippen molar-refractivity contribution < 1.29 is 14.3 Å². The minimum atomic E-state index is -0.515. The molecule has 1 aliphatic carbocycles. The van der Waals surface area contributed by atoms with Crippen LogP contribution in [0.15, 0.2) is 17.5 Å². The molecule has 1 N–H and O–H groups in total. The van der Waals surface area contributed by atoms with Gasteiger partial charge in [0, 0.05) is 4.88 Å². The number of nitriles is 1. The Labute approximate surface area is 167 Å². The zero-order valence-corrected chi connectivity index (χ0v) is 17.3. The van der Waals surface area contributed by atoms with E-state index >= 15 is 0 Å². The van der Waals surface area contributed by atoms with Gasteiger partial charge in [0.15, 0.2) is 6.61 Å². The van der Waals surface area contributed by atoms with Crippen molar-refractivity contribution in [3.05, 3.63) is 38.4 Å². The molecule has 0 aromatic carbocycles. The second-order valence-electron chi connectivity index (χ2n) is 7.73. The number of fused-ring (bicyclic) bond motifs is 1. The van der Waals surface area contributed by atoms with Crippen LogP contribution in [0.3, 0.4) is 0 Å². The van der Waals surface area contributed by atoms with E-state index in [0.29, 0.717) is 21.4 Å². The minimum Gasteiger partial charge on any atom is -0.451 e. The highest BCUT2D eigenvalue weighted by atomic mass is 32.1. The van der Waals surface area contributed by atoms with Gasteiger partial charge in [-0.15, -0.1) is 22.7 Å². The maximum atomic E-state index is 12.2. The fourth-order valence-corrected chi connectivity index (χ4v) is 5.20. The second kappa shape index (κ2) is 7.83. The zero-order valence-electron chi connectivity index (χ0n) is 15.6. The molecule has 5 nitrogen and oxygen atoms in total. The number of hydrogen-bond acceptors (Lipinski definition) is 6. The molecule has 2 aromatic heterocycles. The molecule has 142 valence electrons. The molecule has 2 aromatic rings. The van der Waals surface area contributed by atoms with Crippen molar-refractivity contribution >= 4 is 39.6 Å². The number of rotatable bonds is 4. The summed E-state index contributed by atoms with van der Waals surface area (Å²) in [7, 11) is 0. The van der Waals surface area contributed by atoms with Crippen LogP contribution < -0.4 is 5.32 Å². The van der Waals surface area contributed by atoms with Gasteiger partial charge in [0.1, 0.15) is 15.9 Å². The molecule has 0 aliphatic heterocycles. The average Bonchev–Trinajstić information content (AvgIpc) is 3.25. The number of hydrogen-bond donors (Lipinski definition) is 1. The van der Waals surface area contributed by atoms with Gasteiger partial charge in [-0.25, -0.2) is 4.79 Å². The predicted molar refractivity (Wildman–Crippen MR) is 107 cm³/mol. The van der Waals surface area contributed by atoms with Gasteiger partial charge in [-0.1, -0.05) is 26.8 Å². The normalized spacial score (nSPS) is 16.3. The summed E-state index contributed by atoms with van der Waals surface area (Å²) in [6.45, 7) is 6.36. The van der Waals surface area contributed by atoms with Gasteiger partial charge in [-0.3, -0.25) is 4.79 Å². The molecule has 1 amide bonds. The van der Waals surface area contributed by atoms with Crippen LogP contribution >= 0.6 is 22.7 Å². The molecule has 0 spiro atoms. The Morgan fingerprint density at radius 3 is 2.81 bits per heavy atom. The molecule has 0 radical (unpaired) electrons. The standard InChI is InChI=1S/C20H22N2O3S2/c1-20(2,3)12-6-7-13-14(10-21)18(27-16(13)9-12)22-17(23)11-25-19(24)15-5-4-8-26-15/h4-5,8,12H,6-7,9,11H2,1-3H3,(H,22,23)/t12-/m1/s1. The molecular weight excluding hydrogens is 380 g/mol. The van der Waals surface area contributed by atoms with Crippen molar-refractivity contribution in [1.82, 2.24) is 0 Å². The molecule has 0 fully saturated rings. The van der Waals surface area contributed by atoms with E-state index in [1.807, 2.05) is 0 Å². The lowest BCUT2D eigenvalue weighted by molar-refractivity contribution is -0.119. The quantitative estimate of drug-likeness (QED) is 0.756. The summed E-state index contributed by atoms with van der Waals surface area (Å²) in [6, 6.07) is 5.64. The summed E-state index contributed by atoms with van der Waals surface area (Å²) in [4.78, 5) is 25.7. The van der Waals surface area contributed by atoms with Gasteiger partial charge >= 0.3 is 5.97 Å². The zero-order chi connectivity index (χ0) is 19.6. The van der Waals surface area contributed by atoms with Gasteiger partial charge in [0.05, 0.1) is 5.56 Å². The number of nitrogens with zero attached hydrogens (tertiary/aromatic N) is 1. The highest BCUT2D eigenvalue weighted by Crippen LogP contribution is 2.43. The first-order valence-corrected chi connectivity index (χ1v) is 10.5. The average molecular weight is 403 g/mol. The Hall–Kier alpha value is -2.17. The van der Waals surface area contributed by atoms with Crippen LogP contribution in [0.25, 0.3) is 0 Å². The third kappa shape index (κ3) is 4.40. The van der Waals surface area contributed by atoms with Crippen LogP contribution in [0.4, 0.5) is 5.00 Å². The lowest BCUT2D eigenvalue weighted by atomic mass is 9.72.